The van der Waals surface area contributed by atoms with Gasteiger partial charge in [-0.2, -0.15) is 0 Å². The van der Waals surface area contributed by atoms with Gasteiger partial charge in [0.05, 0.1) is 0 Å². The largest absolute Gasteiger partial charge is 0.338 e. The van der Waals surface area contributed by atoms with Crippen molar-refractivity contribution in [2.24, 2.45) is 0 Å². The van der Waals surface area contributed by atoms with E-state index in [2.05, 4.69) is 20.9 Å². The Morgan fingerprint density at radius 1 is 0.968 bits per heavy atom. The van der Waals surface area contributed by atoms with Crippen molar-refractivity contribution in [1.82, 2.24) is 10.2 Å². The summed E-state index contributed by atoms with van der Waals surface area (Å²) in [4.78, 5) is 25.8. The second kappa shape index (κ2) is 11.5. The zero-order valence-corrected chi connectivity index (χ0v) is 18.0. The molecule has 3 amide bonds. The molecule has 31 heavy (non-hydrogen) atoms. The fourth-order valence-corrected chi connectivity index (χ4v) is 3.82. The third-order valence-electron chi connectivity index (χ3n) is 5.36. The summed E-state index contributed by atoms with van der Waals surface area (Å²) in [7, 11) is 0. The average Bonchev–Trinajstić information content (AvgIpc) is 2.74. The van der Waals surface area contributed by atoms with E-state index in [1.54, 1.807) is 36.4 Å². The van der Waals surface area contributed by atoms with Crippen LogP contribution in [-0.2, 0) is 4.79 Å². The van der Waals surface area contributed by atoms with E-state index in [4.69, 9.17) is 0 Å². The van der Waals surface area contributed by atoms with E-state index < -0.39 is 5.82 Å². The van der Waals surface area contributed by atoms with E-state index >= 15 is 0 Å². The SMILES string of the molecule is CC(=O)Nc1cccc(-c2ccc(NC(=O)NCCCCN3CCCCC3)cc2F)c1. The van der Waals surface area contributed by atoms with E-state index in [1.807, 2.05) is 0 Å². The average molecular weight is 427 g/mol. The number of hydrogen-bond donors (Lipinski definition) is 3. The molecular weight excluding hydrogens is 395 g/mol. The molecule has 1 heterocycles. The van der Waals surface area contributed by atoms with Gasteiger partial charge in [-0.15, -0.1) is 0 Å². The number of carbonyl (C=O) groups excluding carboxylic acids is 2. The van der Waals surface area contributed by atoms with Gasteiger partial charge in [0, 0.05) is 30.4 Å². The molecule has 0 radical (unpaired) electrons. The molecule has 0 saturated carbocycles. The maximum Gasteiger partial charge on any atom is 0.319 e. The van der Waals surface area contributed by atoms with Crippen molar-refractivity contribution in [3.63, 3.8) is 0 Å². The van der Waals surface area contributed by atoms with Crippen LogP contribution in [0.25, 0.3) is 11.1 Å². The van der Waals surface area contributed by atoms with Gasteiger partial charge in [0.15, 0.2) is 0 Å². The number of rotatable bonds is 8. The van der Waals surface area contributed by atoms with Crippen molar-refractivity contribution in [3.05, 3.63) is 48.3 Å². The number of nitrogens with one attached hydrogen (secondary N) is 3. The Bertz CT molecular complexity index is 897. The molecule has 0 spiro atoms. The predicted molar refractivity (Wildman–Crippen MR) is 123 cm³/mol. The van der Waals surface area contributed by atoms with Gasteiger partial charge in [-0.3, -0.25) is 4.79 Å². The normalized spacial score (nSPS) is 14.1. The number of likely N-dealkylation sites (tertiary alicyclic amines) is 1. The van der Waals surface area contributed by atoms with Crippen LogP contribution in [-0.4, -0.2) is 43.0 Å². The van der Waals surface area contributed by atoms with Gasteiger partial charge in [-0.1, -0.05) is 18.6 Å². The zero-order chi connectivity index (χ0) is 22.1. The molecule has 1 saturated heterocycles. The summed E-state index contributed by atoms with van der Waals surface area (Å²) >= 11 is 0. The summed E-state index contributed by atoms with van der Waals surface area (Å²) in [6, 6.07) is 11.2. The molecule has 166 valence electrons. The number of anilines is 2. The molecule has 7 heteroatoms. The topological polar surface area (TPSA) is 73.5 Å². The molecule has 6 nitrogen and oxygen atoms in total. The van der Waals surface area contributed by atoms with E-state index in [0.29, 0.717) is 29.0 Å². The number of halogens is 1. The van der Waals surface area contributed by atoms with Gasteiger partial charge in [0.1, 0.15) is 5.82 Å². The predicted octanol–water partition coefficient (Wildman–Crippen LogP) is 4.84. The minimum atomic E-state index is -0.445. The molecule has 3 rings (SSSR count). The molecular formula is C24H31FN4O2. The molecule has 0 atom stereocenters. The fourth-order valence-electron chi connectivity index (χ4n) is 3.82. The van der Waals surface area contributed by atoms with E-state index in [0.717, 1.165) is 19.4 Å². The first-order valence-electron chi connectivity index (χ1n) is 11.0. The molecule has 3 N–H and O–H groups in total. The van der Waals surface area contributed by atoms with Crippen molar-refractivity contribution < 1.29 is 14.0 Å². The summed E-state index contributed by atoms with van der Waals surface area (Å²) in [5.74, 6) is -0.631. The minimum absolute atomic E-state index is 0.185. The van der Waals surface area contributed by atoms with Gasteiger partial charge in [-0.25, -0.2) is 9.18 Å². The standard InChI is InChI=1S/C24H31FN4O2/c1-18(30)27-20-9-7-8-19(16-20)22-11-10-21(17-23(22)25)28-24(31)26-12-3-6-15-29-13-4-2-5-14-29/h7-11,16-17H,2-6,12-15H2,1H3,(H,27,30)(H2,26,28,31). The lowest BCUT2D eigenvalue weighted by Gasteiger charge is -2.26. The quantitative estimate of drug-likeness (QED) is 0.529. The lowest BCUT2D eigenvalue weighted by Crippen LogP contribution is -2.32. The molecule has 1 aliphatic heterocycles. The highest BCUT2D eigenvalue weighted by Gasteiger charge is 2.10. The first kappa shape index (κ1) is 22.7. The Labute approximate surface area is 183 Å². The maximum absolute atomic E-state index is 14.6. The monoisotopic (exact) mass is 426 g/mol. The highest BCUT2D eigenvalue weighted by molar-refractivity contribution is 5.90. The molecule has 0 aliphatic carbocycles. The van der Waals surface area contributed by atoms with Crippen molar-refractivity contribution in [2.45, 2.75) is 39.0 Å². The lowest BCUT2D eigenvalue weighted by molar-refractivity contribution is -0.114. The summed E-state index contributed by atoms with van der Waals surface area (Å²) in [5, 5.41) is 8.20. The second-order valence-electron chi connectivity index (χ2n) is 7.95. The van der Waals surface area contributed by atoms with Crippen LogP contribution in [0.15, 0.2) is 42.5 Å². The summed E-state index contributed by atoms with van der Waals surface area (Å²) in [6.45, 7) is 5.47. The molecule has 2 aromatic carbocycles. The number of nitrogens with zero attached hydrogens (tertiary/aromatic N) is 1. The molecule has 1 aliphatic rings. The number of unbranched alkanes of at least 4 members (excludes halogenated alkanes) is 1. The first-order valence-corrected chi connectivity index (χ1v) is 11.0. The molecule has 0 bridgehead atoms. The van der Waals surface area contributed by atoms with E-state index in [1.165, 1.54) is 45.3 Å². The Balaban J connectivity index is 1.46. The minimum Gasteiger partial charge on any atom is -0.338 e. The first-order chi connectivity index (χ1) is 15.0. The van der Waals surface area contributed by atoms with Crippen molar-refractivity contribution >= 4 is 23.3 Å². The van der Waals surface area contributed by atoms with Crippen LogP contribution in [0, 0.1) is 5.82 Å². The van der Waals surface area contributed by atoms with Crippen LogP contribution in [0.2, 0.25) is 0 Å². The van der Waals surface area contributed by atoms with Crippen LogP contribution in [0.4, 0.5) is 20.6 Å². The summed E-state index contributed by atoms with van der Waals surface area (Å²) < 4.78 is 14.6. The number of piperidine rings is 1. The van der Waals surface area contributed by atoms with Crippen LogP contribution in [0.5, 0.6) is 0 Å². The third kappa shape index (κ3) is 7.36. The number of amides is 3. The van der Waals surface area contributed by atoms with Crippen LogP contribution < -0.4 is 16.0 Å². The molecule has 1 fully saturated rings. The van der Waals surface area contributed by atoms with E-state index in [-0.39, 0.29) is 11.9 Å². The summed E-state index contributed by atoms with van der Waals surface area (Å²) in [6.07, 6.45) is 5.89. The Morgan fingerprint density at radius 2 is 1.74 bits per heavy atom. The maximum atomic E-state index is 14.6. The highest BCUT2D eigenvalue weighted by Crippen LogP contribution is 2.27. The van der Waals surface area contributed by atoms with Crippen LogP contribution >= 0.6 is 0 Å². The van der Waals surface area contributed by atoms with Crippen LogP contribution in [0.1, 0.15) is 39.0 Å². The van der Waals surface area contributed by atoms with Crippen molar-refractivity contribution in [1.29, 1.82) is 0 Å². The van der Waals surface area contributed by atoms with Crippen molar-refractivity contribution in [2.75, 3.05) is 36.8 Å². The Hall–Kier alpha value is -2.93. The Kier molecular flexibility index (Phi) is 8.41. The van der Waals surface area contributed by atoms with Gasteiger partial charge in [0.25, 0.3) is 0 Å². The number of urea groups is 1. The van der Waals surface area contributed by atoms with Crippen molar-refractivity contribution in [3.8, 4) is 11.1 Å². The highest BCUT2D eigenvalue weighted by atomic mass is 19.1. The molecule has 2 aromatic rings. The van der Waals surface area contributed by atoms with E-state index in [9.17, 15) is 14.0 Å². The second-order valence-corrected chi connectivity index (χ2v) is 7.95. The van der Waals surface area contributed by atoms with Gasteiger partial charge in [-0.05, 0) is 81.2 Å². The van der Waals surface area contributed by atoms with Gasteiger partial charge >= 0.3 is 6.03 Å². The smallest absolute Gasteiger partial charge is 0.319 e. The van der Waals surface area contributed by atoms with Gasteiger partial charge < -0.3 is 20.9 Å². The lowest BCUT2D eigenvalue weighted by atomic mass is 10.0. The number of hydrogen-bond acceptors (Lipinski definition) is 3. The Morgan fingerprint density at radius 3 is 2.48 bits per heavy atom. The fraction of sp³-hybridized carbons (Fsp3) is 0.417. The molecule has 0 unspecified atom stereocenters. The summed E-state index contributed by atoms with van der Waals surface area (Å²) in [5.41, 5.74) is 2.04. The third-order valence-corrected chi connectivity index (χ3v) is 5.36. The molecule has 0 aromatic heterocycles. The van der Waals surface area contributed by atoms with Crippen LogP contribution in [0.3, 0.4) is 0 Å². The van der Waals surface area contributed by atoms with Gasteiger partial charge in [0.2, 0.25) is 5.91 Å². The number of benzene rings is 2. The zero-order valence-electron chi connectivity index (χ0n) is 18.0. The number of carbonyl (C=O) groups is 2.